The van der Waals surface area contributed by atoms with E-state index in [4.69, 9.17) is 9.47 Å². The molecule has 0 atom stereocenters. The summed E-state index contributed by atoms with van der Waals surface area (Å²) in [6.07, 6.45) is 0. The number of ether oxygens (including phenoxy) is 2. The van der Waals surface area contributed by atoms with Crippen molar-refractivity contribution in [3.63, 3.8) is 0 Å². The van der Waals surface area contributed by atoms with Crippen LogP contribution in [0.5, 0.6) is 5.75 Å². The molecule has 1 aliphatic heterocycles. The number of benzene rings is 2. The molecule has 1 saturated heterocycles. The summed E-state index contributed by atoms with van der Waals surface area (Å²) >= 11 is 0. The molecule has 0 unspecified atom stereocenters. The second-order valence-electron chi connectivity index (χ2n) is 6.99. The highest BCUT2D eigenvalue weighted by Crippen LogP contribution is 2.26. The molecule has 6 heteroatoms. The molecule has 1 fully saturated rings. The minimum atomic E-state index is -0.0579. The van der Waals surface area contributed by atoms with Gasteiger partial charge in [-0.2, -0.15) is 0 Å². The molecular formula is C22H22N2O4. The summed E-state index contributed by atoms with van der Waals surface area (Å²) in [5.41, 5.74) is 3.99. The Morgan fingerprint density at radius 3 is 2.79 bits per heavy atom. The molecule has 1 amide bonds. The van der Waals surface area contributed by atoms with Gasteiger partial charge in [-0.25, -0.2) is 0 Å². The van der Waals surface area contributed by atoms with Crippen molar-refractivity contribution >= 4 is 22.5 Å². The summed E-state index contributed by atoms with van der Waals surface area (Å²) in [6, 6.07) is 13.2. The number of para-hydroxylation sites is 1. The number of carbonyl (C=O) groups excluding carboxylic acids is 1. The lowest BCUT2D eigenvalue weighted by molar-refractivity contribution is -0.125. The largest absolute Gasteiger partial charge is 0.487 e. The Balaban J connectivity index is 1.60. The number of hydrogen-bond acceptors (Lipinski definition) is 4. The van der Waals surface area contributed by atoms with E-state index in [-0.39, 0.29) is 24.5 Å². The first-order chi connectivity index (χ1) is 13.5. The number of aromatic nitrogens is 1. The smallest absolute Gasteiger partial charge is 0.253 e. The number of aryl methyl sites for hydroxylation is 1. The van der Waals surface area contributed by atoms with Crippen molar-refractivity contribution in [1.82, 2.24) is 4.98 Å². The zero-order valence-electron chi connectivity index (χ0n) is 16.0. The Morgan fingerprint density at radius 1 is 1.14 bits per heavy atom. The number of hydrogen-bond donors (Lipinski definition) is 1. The molecule has 1 N–H and O–H groups in total. The van der Waals surface area contributed by atoms with Gasteiger partial charge in [0.15, 0.2) is 5.43 Å². The second kappa shape index (κ2) is 7.48. The molecule has 2 heterocycles. The quantitative estimate of drug-likeness (QED) is 0.757. The first-order valence-corrected chi connectivity index (χ1v) is 9.26. The van der Waals surface area contributed by atoms with E-state index in [1.165, 1.54) is 0 Å². The van der Waals surface area contributed by atoms with Crippen LogP contribution in [0.25, 0.3) is 10.9 Å². The van der Waals surface area contributed by atoms with Crippen molar-refractivity contribution in [2.75, 3.05) is 24.7 Å². The Kier molecular flexibility index (Phi) is 4.88. The van der Waals surface area contributed by atoms with E-state index in [1.54, 1.807) is 11.8 Å². The molecule has 0 saturated carbocycles. The van der Waals surface area contributed by atoms with E-state index in [0.29, 0.717) is 29.9 Å². The van der Waals surface area contributed by atoms with E-state index in [2.05, 4.69) is 4.98 Å². The van der Waals surface area contributed by atoms with Gasteiger partial charge < -0.3 is 19.4 Å². The van der Waals surface area contributed by atoms with Gasteiger partial charge in [-0.3, -0.25) is 9.59 Å². The Hall–Kier alpha value is -3.12. The number of anilines is 1. The number of H-pyrrole nitrogens is 1. The minimum Gasteiger partial charge on any atom is -0.487 e. The first-order valence-electron chi connectivity index (χ1n) is 9.26. The third-order valence-electron chi connectivity index (χ3n) is 4.97. The predicted molar refractivity (Wildman–Crippen MR) is 108 cm³/mol. The van der Waals surface area contributed by atoms with Gasteiger partial charge in [-0.15, -0.1) is 0 Å². The van der Waals surface area contributed by atoms with Crippen molar-refractivity contribution in [2.45, 2.75) is 20.5 Å². The van der Waals surface area contributed by atoms with Crippen molar-refractivity contribution in [2.24, 2.45) is 0 Å². The maximum Gasteiger partial charge on any atom is 0.253 e. The van der Waals surface area contributed by atoms with Gasteiger partial charge in [-0.05, 0) is 43.7 Å². The summed E-state index contributed by atoms with van der Waals surface area (Å²) in [5, 5.41) is 0.674. The van der Waals surface area contributed by atoms with Crippen LogP contribution in [0.1, 0.15) is 16.8 Å². The van der Waals surface area contributed by atoms with Gasteiger partial charge in [0, 0.05) is 34.8 Å². The van der Waals surface area contributed by atoms with Gasteiger partial charge in [0.2, 0.25) is 0 Å². The number of nitrogens with one attached hydrogen (secondary N) is 1. The molecular weight excluding hydrogens is 356 g/mol. The van der Waals surface area contributed by atoms with Gasteiger partial charge in [-0.1, -0.05) is 12.1 Å². The fourth-order valence-electron chi connectivity index (χ4n) is 3.44. The lowest BCUT2D eigenvalue weighted by Gasteiger charge is -2.27. The molecule has 0 bridgehead atoms. The molecule has 0 aliphatic carbocycles. The molecule has 144 valence electrons. The van der Waals surface area contributed by atoms with Crippen LogP contribution in [-0.2, 0) is 16.1 Å². The van der Waals surface area contributed by atoms with E-state index < -0.39 is 0 Å². The number of amides is 1. The number of fused-ring (bicyclic) bond motifs is 1. The van der Waals surface area contributed by atoms with Crippen molar-refractivity contribution in [1.29, 1.82) is 0 Å². The normalized spacial score (nSPS) is 14.5. The number of nitrogens with zero attached hydrogens (tertiary/aromatic N) is 1. The van der Waals surface area contributed by atoms with E-state index in [1.807, 2.05) is 49.4 Å². The topological polar surface area (TPSA) is 71.6 Å². The lowest BCUT2D eigenvalue weighted by atomic mass is 10.1. The van der Waals surface area contributed by atoms with Gasteiger partial charge in [0.1, 0.15) is 19.0 Å². The minimum absolute atomic E-state index is 0.0109. The zero-order chi connectivity index (χ0) is 19.7. The zero-order valence-corrected chi connectivity index (χ0v) is 16.0. The predicted octanol–water partition coefficient (Wildman–Crippen LogP) is 3.09. The van der Waals surface area contributed by atoms with Crippen LogP contribution in [-0.4, -0.2) is 30.6 Å². The molecule has 3 aromatic rings. The van der Waals surface area contributed by atoms with Crippen LogP contribution in [0, 0.1) is 13.8 Å². The average molecular weight is 378 g/mol. The molecule has 6 nitrogen and oxygen atoms in total. The first kappa shape index (κ1) is 18.3. The highest BCUT2D eigenvalue weighted by Gasteiger charge is 2.21. The van der Waals surface area contributed by atoms with Crippen LogP contribution < -0.4 is 15.1 Å². The van der Waals surface area contributed by atoms with Crippen molar-refractivity contribution in [3.8, 4) is 5.75 Å². The van der Waals surface area contributed by atoms with E-state index >= 15 is 0 Å². The third kappa shape index (κ3) is 3.51. The van der Waals surface area contributed by atoms with Crippen molar-refractivity contribution in [3.05, 3.63) is 69.5 Å². The van der Waals surface area contributed by atoms with Crippen LogP contribution in [0.15, 0.2) is 47.3 Å². The summed E-state index contributed by atoms with van der Waals surface area (Å²) in [4.78, 5) is 29.7. The highest BCUT2D eigenvalue weighted by molar-refractivity contribution is 5.95. The maximum atomic E-state index is 12.6. The fourth-order valence-corrected chi connectivity index (χ4v) is 3.44. The van der Waals surface area contributed by atoms with Crippen LogP contribution in [0.3, 0.4) is 0 Å². The lowest BCUT2D eigenvalue weighted by Crippen LogP contribution is -2.41. The Labute approximate surface area is 162 Å². The van der Waals surface area contributed by atoms with Crippen LogP contribution in [0.2, 0.25) is 0 Å². The number of morpholine rings is 1. The number of carbonyl (C=O) groups is 1. The van der Waals surface area contributed by atoms with Crippen molar-refractivity contribution < 1.29 is 14.3 Å². The number of aromatic amines is 1. The fraction of sp³-hybridized carbons (Fsp3) is 0.273. The summed E-state index contributed by atoms with van der Waals surface area (Å²) < 4.78 is 11.2. The summed E-state index contributed by atoms with van der Waals surface area (Å²) in [5.74, 6) is 0.597. The molecule has 4 rings (SSSR count). The van der Waals surface area contributed by atoms with E-state index in [0.717, 1.165) is 22.5 Å². The van der Waals surface area contributed by atoms with Crippen LogP contribution in [0.4, 0.5) is 5.69 Å². The molecule has 0 spiro atoms. The Bertz CT molecular complexity index is 1100. The summed E-state index contributed by atoms with van der Waals surface area (Å²) in [6.45, 7) is 5.15. The second-order valence-corrected chi connectivity index (χ2v) is 6.99. The molecule has 1 aromatic heterocycles. The molecule has 0 radical (unpaired) electrons. The van der Waals surface area contributed by atoms with Gasteiger partial charge in [0.05, 0.1) is 12.3 Å². The van der Waals surface area contributed by atoms with Crippen LogP contribution >= 0.6 is 0 Å². The molecule has 28 heavy (non-hydrogen) atoms. The average Bonchev–Trinajstić information content (AvgIpc) is 2.69. The highest BCUT2D eigenvalue weighted by atomic mass is 16.5. The van der Waals surface area contributed by atoms with E-state index in [9.17, 15) is 9.59 Å². The maximum absolute atomic E-state index is 12.6. The molecule has 1 aliphatic rings. The summed E-state index contributed by atoms with van der Waals surface area (Å²) in [7, 11) is 0. The molecule has 2 aromatic carbocycles. The third-order valence-corrected chi connectivity index (χ3v) is 4.97. The number of rotatable bonds is 4. The SMILES string of the molecule is Cc1cc(OCc2[nH]c3ccccc3c(=O)c2C)cc(N2CCOCC2=O)c1. The van der Waals surface area contributed by atoms with Gasteiger partial charge >= 0.3 is 0 Å². The number of pyridine rings is 1. The monoisotopic (exact) mass is 378 g/mol. The standard InChI is InChI=1S/C22H22N2O4/c1-14-9-16(24-7-8-27-13-21(24)25)11-17(10-14)28-12-20-15(2)22(26)18-5-3-4-6-19(18)23-20/h3-6,9-11H,7-8,12-13H2,1-2H3,(H,23,26). The Morgan fingerprint density at radius 2 is 1.96 bits per heavy atom. The van der Waals surface area contributed by atoms with Gasteiger partial charge in [0.25, 0.3) is 5.91 Å².